The van der Waals surface area contributed by atoms with Gasteiger partial charge in [0.2, 0.25) is 0 Å². The van der Waals surface area contributed by atoms with Crippen molar-refractivity contribution in [2.75, 3.05) is 13.6 Å². The summed E-state index contributed by atoms with van der Waals surface area (Å²) in [6.45, 7) is 5.60. The number of nitrogens with zero attached hydrogens (tertiary/aromatic N) is 1. The molecular formula is C12H23N. The maximum atomic E-state index is 2.50. The highest BCUT2D eigenvalue weighted by atomic mass is 15.1. The van der Waals surface area contributed by atoms with E-state index in [0.29, 0.717) is 0 Å². The first-order valence-electron chi connectivity index (χ1n) is 5.55. The average molecular weight is 181 g/mol. The Labute approximate surface area is 82.8 Å². The molecule has 0 saturated heterocycles. The summed E-state index contributed by atoms with van der Waals surface area (Å²) in [5.74, 6) is 0.937. The van der Waals surface area contributed by atoms with Crippen molar-refractivity contribution in [1.82, 2.24) is 4.90 Å². The molecule has 1 aliphatic rings. The molecule has 1 aliphatic carbocycles. The van der Waals surface area contributed by atoms with Crippen LogP contribution in [0, 0.1) is 5.92 Å². The third-order valence-electron chi connectivity index (χ3n) is 3.16. The van der Waals surface area contributed by atoms with Gasteiger partial charge in [0.05, 0.1) is 0 Å². The van der Waals surface area contributed by atoms with E-state index in [4.69, 9.17) is 0 Å². The fourth-order valence-electron chi connectivity index (χ4n) is 2.22. The molecule has 2 atom stereocenters. The predicted octanol–water partition coefficient (Wildman–Crippen LogP) is 3.07. The predicted molar refractivity (Wildman–Crippen MR) is 58.9 cm³/mol. The Morgan fingerprint density at radius 3 is 2.77 bits per heavy atom. The summed E-state index contributed by atoms with van der Waals surface area (Å²) in [5.41, 5.74) is 0. The smallest absolute Gasteiger partial charge is 0.0162 e. The third-order valence-corrected chi connectivity index (χ3v) is 3.16. The lowest BCUT2D eigenvalue weighted by Gasteiger charge is -2.33. The molecule has 0 spiro atoms. The van der Waals surface area contributed by atoms with Crippen molar-refractivity contribution in [3.8, 4) is 0 Å². The van der Waals surface area contributed by atoms with Crippen LogP contribution in [0.3, 0.4) is 0 Å². The second-order valence-electron chi connectivity index (χ2n) is 4.43. The van der Waals surface area contributed by atoms with Crippen molar-refractivity contribution in [3.63, 3.8) is 0 Å². The molecular weight excluding hydrogens is 158 g/mol. The van der Waals surface area contributed by atoms with Crippen molar-refractivity contribution in [3.05, 3.63) is 12.2 Å². The van der Waals surface area contributed by atoms with Crippen LogP contribution >= 0.6 is 0 Å². The molecule has 1 heteroatoms. The van der Waals surface area contributed by atoms with E-state index in [1.54, 1.807) is 0 Å². The zero-order valence-electron chi connectivity index (χ0n) is 9.29. The monoisotopic (exact) mass is 181 g/mol. The van der Waals surface area contributed by atoms with Gasteiger partial charge in [0, 0.05) is 12.6 Å². The molecule has 13 heavy (non-hydrogen) atoms. The number of rotatable bonds is 3. The van der Waals surface area contributed by atoms with Crippen LogP contribution in [0.4, 0.5) is 0 Å². The summed E-state index contributed by atoms with van der Waals surface area (Å²) >= 11 is 0. The second-order valence-corrected chi connectivity index (χ2v) is 4.43. The van der Waals surface area contributed by atoms with Gasteiger partial charge in [-0.05, 0) is 32.7 Å². The van der Waals surface area contributed by atoms with E-state index in [-0.39, 0.29) is 0 Å². The fraction of sp³-hybridized carbons (Fsp3) is 0.833. The molecule has 0 N–H and O–H groups in total. The van der Waals surface area contributed by atoms with Crippen molar-refractivity contribution in [1.29, 1.82) is 0 Å². The summed E-state index contributed by atoms with van der Waals surface area (Å²) in [7, 11) is 2.25. The van der Waals surface area contributed by atoms with Gasteiger partial charge in [-0.25, -0.2) is 0 Å². The van der Waals surface area contributed by atoms with Crippen LogP contribution in [0.2, 0.25) is 0 Å². The van der Waals surface area contributed by atoms with Gasteiger partial charge in [0.15, 0.2) is 0 Å². The number of allylic oxidation sites excluding steroid dienone is 1. The quantitative estimate of drug-likeness (QED) is 0.605. The van der Waals surface area contributed by atoms with Crippen LogP contribution in [0.1, 0.15) is 39.5 Å². The van der Waals surface area contributed by atoms with Crippen LogP contribution in [-0.4, -0.2) is 24.5 Å². The van der Waals surface area contributed by atoms with Crippen molar-refractivity contribution >= 4 is 0 Å². The summed E-state index contributed by atoms with van der Waals surface area (Å²) < 4.78 is 0. The molecule has 2 unspecified atom stereocenters. The van der Waals surface area contributed by atoms with E-state index in [1.807, 2.05) is 0 Å². The van der Waals surface area contributed by atoms with Gasteiger partial charge in [0.25, 0.3) is 0 Å². The standard InChI is InChI=1S/C12H23N/c1-4-5-9-13(3)12-8-6-7-11(2)10-12/h4-5,11-12H,6-10H2,1-3H3/b5-4+. The highest BCUT2D eigenvalue weighted by molar-refractivity contribution is 4.84. The van der Waals surface area contributed by atoms with E-state index >= 15 is 0 Å². The number of hydrogen-bond acceptors (Lipinski definition) is 1. The zero-order valence-corrected chi connectivity index (χ0v) is 9.29. The topological polar surface area (TPSA) is 3.24 Å². The van der Waals surface area contributed by atoms with Gasteiger partial charge in [0.1, 0.15) is 0 Å². The van der Waals surface area contributed by atoms with Crippen LogP contribution < -0.4 is 0 Å². The Kier molecular flexibility index (Phi) is 4.51. The van der Waals surface area contributed by atoms with Gasteiger partial charge in [-0.1, -0.05) is 31.9 Å². The summed E-state index contributed by atoms with van der Waals surface area (Å²) in [4.78, 5) is 2.50. The molecule has 0 bridgehead atoms. The van der Waals surface area contributed by atoms with E-state index in [0.717, 1.165) is 18.5 Å². The van der Waals surface area contributed by atoms with Gasteiger partial charge in [-0.3, -0.25) is 4.90 Å². The molecule has 0 aromatic carbocycles. The largest absolute Gasteiger partial charge is 0.300 e. The van der Waals surface area contributed by atoms with Gasteiger partial charge in [-0.2, -0.15) is 0 Å². The van der Waals surface area contributed by atoms with Crippen LogP contribution in [0.15, 0.2) is 12.2 Å². The summed E-state index contributed by atoms with van der Waals surface area (Å²) in [6, 6.07) is 0.833. The highest BCUT2D eigenvalue weighted by Gasteiger charge is 2.21. The number of hydrogen-bond donors (Lipinski definition) is 0. The maximum Gasteiger partial charge on any atom is 0.0162 e. The first-order valence-corrected chi connectivity index (χ1v) is 5.55. The third kappa shape index (κ3) is 3.51. The lowest BCUT2D eigenvalue weighted by molar-refractivity contribution is 0.178. The minimum atomic E-state index is 0.833. The molecule has 1 fully saturated rings. The maximum absolute atomic E-state index is 2.50. The Hall–Kier alpha value is -0.300. The minimum Gasteiger partial charge on any atom is -0.300 e. The van der Waals surface area contributed by atoms with E-state index in [9.17, 15) is 0 Å². The van der Waals surface area contributed by atoms with Crippen molar-refractivity contribution in [2.24, 2.45) is 5.92 Å². The molecule has 1 nitrogen and oxygen atoms in total. The van der Waals surface area contributed by atoms with Crippen LogP contribution in [0.5, 0.6) is 0 Å². The lowest BCUT2D eigenvalue weighted by Crippen LogP contribution is -2.35. The molecule has 76 valence electrons. The Balaban J connectivity index is 2.32. The Bertz CT molecular complexity index is 163. The van der Waals surface area contributed by atoms with Crippen LogP contribution in [0.25, 0.3) is 0 Å². The first kappa shape index (κ1) is 10.8. The highest BCUT2D eigenvalue weighted by Crippen LogP contribution is 2.26. The van der Waals surface area contributed by atoms with Gasteiger partial charge in [-0.15, -0.1) is 0 Å². The van der Waals surface area contributed by atoms with Gasteiger partial charge >= 0.3 is 0 Å². The summed E-state index contributed by atoms with van der Waals surface area (Å²) in [5, 5.41) is 0. The van der Waals surface area contributed by atoms with E-state index < -0.39 is 0 Å². The molecule has 0 amide bonds. The van der Waals surface area contributed by atoms with Crippen molar-refractivity contribution in [2.45, 2.75) is 45.6 Å². The fourth-order valence-corrected chi connectivity index (χ4v) is 2.22. The van der Waals surface area contributed by atoms with Crippen molar-refractivity contribution < 1.29 is 0 Å². The van der Waals surface area contributed by atoms with Gasteiger partial charge < -0.3 is 0 Å². The molecule has 0 aliphatic heterocycles. The molecule has 0 aromatic rings. The molecule has 0 radical (unpaired) electrons. The normalized spacial score (nSPS) is 30.2. The lowest BCUT2D eigenvalue weighted by atomic mass is 9.86. The molecule has 0 heterocycles. The first-order chi connectivity index (χ1) is 6.24. The zero-order chi connectivity index (χ0) is 9.68. The SMILES string of the molecule is C/C=C/CN(C)C1CCCC(C)C1. The average Bonchev–Trinajstić information content (AvgIpc) is 2.14. The van der Waals surface area contributed by atoms with E-state index in [2.05, 4.69) is 37.9 Å². The second kappa shape index (κ2) is 5.43. The van der Waals surface area contributed by atoms with Crippen LogP contribution in [-0.2, 0) is 0 Å². The molecule has 1 rings (SSSR count). The summed E-state index contributed by atoms with van der Waals surface area (Å²) in [6.07, 6.45) is 10.1. The Morgan fingerprint density at radius 2 is 2.15 bits per heavy atom. The molecule has 0 aromatic heterocycles. The minimum absolute atomic E-state index is 0.833. The Morgan fingerprint density at radius 1 is 1.38 bits per heavy atom. The molecule has 1 saturated carbocycles. The number of likely N-dealkylation sites (N-methyl/N-ethyl adjacent to an activating group) is 1. The van der Waals surface area contributed by atoms with E-state index in [1.165, 1.54) is 25.7 Å².